The van der Waals surface area contributed by atoms with E-state index < -0.39 is 33.9 Å². The van der Waals surface area contributed by atoms with Gasteiger partial charge in [-0.15, -0.1) is 0 Å². The minimum Gasteiger partial charge on any atom is -0.464 e. The Morgan fingerprint density at radius 2 is 1.42 bits per heavy atom. The lowest BCUT2D eigenvalue weighted by atomic mass is 9.58. The lowest BCUT2D eigenvalue weighted by molar-refractivity contribution is -0.384. The number of esters is 2. The van der Waals surface area contributed by atoms with Crippen molar-refractivity contribution in [1.29, 1.82) is 0 Å². The molecule has 2 N–H and O–H groups in total. The van der Waals surface area contributed by atoms with Gasteiger partial charge in [-0.3, -0.25) is 15.4 Å². The molecule has 1 aliphatic rings. The standard InChI is InChI=1S/C36H33N3O6/c1-4-44-33(40)36(34(41)45-5-2)30-27-16-10-12-18-29(27)37-32(30)35(25-14-7-6-8-15-25,28-17-11-9-13-23(28)3)31(38-36)24-19-21-26(22-20-24)39(42)43/h6-22,31,37-38H,4-5H2,1-3H3. The summed E-state index contributed by atoms with van der Waals surface area (Å²) in [7, 11) is 0. The van der Waals surface area contributed by atoms with E-state index in [0.717, 1.165) is 22.2 Å². The molecule has 2 atom stereocenters. The number of aromatic nitrogens is 1. The lowest BCUT2D eigenvalue weighted by Crippen LogP contribution is -2.65. The van der Waals surface area contributed by atoms with Gasteiger partial charge in [-0.25, -0.2) is 9.59 Å². The van der Waals surface area contributed by atoms with Crippen molar-refractivity contribution < 1.29 is 24.0 Å². The molecule has 228 valence electrons. The van der Waals surface area contributed by atoms with E-state index in [1.807, 2.05) is 85.8 Å². The van der Waals surface area contributed by atoms with Crippen LogP contribution in [-0.4, -0.2) is 35.1 Å². The fraction of sp³-hybridized carbons (Fsp3) is 0.222. The van der Waals surface area contributed by atoms with Gasteiger partial charge in [-0.2, -0.15) is 0 Å². The van der Waals surface area contributed by atoms with E-state index in [1.54, 1.807) is 26.0 Å². The second kappa shape index (κ2) is 11.7. The summed E-state index contributed by atoms with van der Waals surface area (Å²) in [6, 6.07) is 30.7. The minimum absolute atomic E-state index is 0.0309. The Morgan fingerprint density at radius 3 is 2.04 bits per heavy atom. The second-order valence-corrected chi connectivity index (χ2v) is 11.0. The van der Waals surface area contributed by atoms with Gasteiger partial charge >= 0.3 is 11.9 Å². The Labute approximate surface area is 260 Å². The van der Waals surface area contributed by atoms with E-state index in [9.17, 15) is 19.7 Å². The first-order valence-electron chi connectivity index (χ1n) is 14.9. The van der Waals surface area contributed by atoms with Crippen LogP contribution in [0.3, 0.4) is 0 Å². The van der Waals surface area contributed by atoms with E-state index >= 15 is 0 Å². The van der Waals surface area contributed by atoms with Gasteiger partial charge in [-0.1, -0.05) is 84.9 Å². The Hall–Kier alpha value is -5.28. The predicted molar refractivity (Wildman–Crippen MR) is 170 cm³/mol. The zero-order chi connectivity index (χ0) is 31.8. The molecule has 0 fully saturated rings. The summed E-state index contributed by atoms with van der Waals surface area (Å²) < 4.78 is 11.3. The van der Waals surface area contributed by atoms with E-state index in [1.165, 1.54) is 12.1 Å². The molecule has 0 radical (unpaired) electrons. The number of nitro groups is 1. The van der Waals surface area contributed by atoms with E-state index in [2.05, 4.69) is 10.3 Å². The maximum atomic E-state index is 14.3. The second-order valence-electron chi connectivity index (χ2n) is 11.0. The maximum Gasteiger partial charge on any atom is 0.342 e. The summed E-state index contributed by atoms with van der Waals surface area (Å²) >= 11 is 0. The lowest BCUT2D eigenvalue weighted by Gasteiger charge is -2.51. The van der Waals surface area contributed by atoms with Crippen molar-refractivity contribution in [3.05, 3.63) is 147 Å². The Kier molecular flexibility index (Phi) is 7.72. The highest BCUT2D eigenvalue weighted by atomic mass is 16.6. The van der Waals surface area contributed by atoms with E-state index in [4.69, 9.17) is 9.47 Å². The van der Waals surface area contributed by atoms with Gasteiger partial charge in [0.2, 0.25) is 5.54 Å². The molecule has 9 nitrogen and oxygen atoms in total. The van der Waals surface area contributed by atoms with Crippen LogP contribution < -0.4 is 5.32 Å². The maximum absolute atomic E-state index is 14.3. The van der Waals surface area contributed by atoms with Crippen LogP contribution in [0.5, 0.6) is 0 Å². The summed E-state index contributed by atoms with van der Waals surface area (Å²) in [6.07, 6.45) is 0. The number of fused-ring (bicyclic) bond motifs is 3. The zero-order valence-electron chi connectivity index (χ0n) is 25.2. The average molecular weight is 604 g/mol. The van der Waals surface area contributed by atoms with Crippen molar-refractivity contribution in [2.24, 2.45) is 0 Å². The minimum atomic E-state index is -2.08. The Bertz CT molecular complexity index is 1880. The first-order valence-corrected chi connectivity index (χ1v) is 14.9. The number of hydrogen-bond donors (Lipinski definition) is 2. The summed E-state index contributed by atoms with van der Waals surface area (Å²) in [5.74, 6) is -1.60. The number of H-pyrrole nitrogens is 1. The van der Waals surface area contributed by atoms with Crippen LogP contribution in [0.25, 0.3) is 10.9 Å². The smallest absolute Gasteiger partial charge is 0.342 e. The van der Waals surface area contributed by atoms with Gasteiger partial charge in [0.15, 0.2) is 0 Å². The van der Waals surface area contributed by atoms with Gasteiger partial charge in [0.25, 0.3) is 5.69 Å². The summed E-state index contributed by atoms with van der Waals surface area (Å²) in [6.45, 7) is 5.45. The largest absolute Gasteiger partial charge is 0.464 e. The molecule has 45 heavy (non-hydrogen) atoms. The van der Waals surface area contributed by atoms with Crippen LogP contribution in [0, 0.1) is 17.0 Å². The predicted octanol–water partition coefficient (Wildman–Crippen LogP) is 6.38. The molecule has 1 aliphatic heterocycles. The monoisotopic (exact) mass is 603 g/mol. The van der Waals surface area contributed by atoms with Crippen molar-refractivity contribution in [1.82, 2.24) is 10.3 Å². The SMILES string of the molecule is CCOC(=O)C1(C(=O)OCC)NC(c2ccc([N+](=O)[O-])cc2)C(c2ccccc2)(c2ccccc2C)c2[nH]c3ccccc3c21. The number of benzene rings is 4. The third kappa shape index (κ3) is 4.50. The van der Waals surface area contributed by atoms with Crippen LogP contribution >= 0.6 is 0 Å². The molecule has 0 amide bonds. The first-order chi connectivity index (χ1) is 21.8. The van der Waals surface area contributed by atoms with Gasteiger partial charge < -0.3 is 14.5 Å². The van der Waals surface area contributed by atoms with Crippen molar-refractivity contribution in [3.8, 4) is 0 Å². The number of rotatable bonds is 8. The highest BCUT2D eigenvalue weighted by molar-refractivity contribution is 6.11. The summed E-state index contributed by atoms with van der Waals surface area (Å²) in [4.78, 5) is 43.5. The van der Waals surface area contributed by atoms with Crippen molar-refractivity contribution >= 4 is 28.5 Å². The van der Waals surface area contributed by atoms with Crippen LogP contribution in [0.1, 0.15) is 53.4 Å². The number of nitrogens with one attached hydrogen (secondary N) is 2. The van der Waals surface area contributed by atoms with E-state index in [-0.39, 0.29) is 18.9 Å². The molecule has 0 aliphatic carbocycles. The molecule has 1 aromatic heterocycles. The normalized spacial score (nSPS) is 18.6. The summed E-state index contributed by atoms with van der Waals surface area (Å²) in [5.41, 5.74) is 1.92. The number of aryl methyl sites for hydroxylation is 1. The van der Waals surface area contributed by atoms with Crippen molar-refractivity contribution in [2.75, 3.05) is 13.2 Å². The molecule has 5 aromatic rings. The number of carbonyl (C=O) groups is 2. The molecule has 0 saturated carbocycles. The molecular formula is C36H33N3O6. The third-order valence-electron chi connectivity index (χ3n) is 8.67. The van der Waals surface area contributed by atoms with Crippen LogP contribution in [0.4, 0.5) is 5.69 Å². The molecule has 4 aromatic carbocycles. The molecular weight excluding hydrogens is 570 g/mol. The van der Waals surface area contributed by atoms with Crippen molar-refractivity contribution in [3.63, 3.8) is 0 Å². The highest BCUT2D eigenvalue weighted by Gasteiger charge is 2.64. The number of non-ortho nitro benzene ring substituents is 1. The Morgan fingerprint density at radius 1 is 0.822 bits per heavy atom. The summed E-state index contributed by atoms with van der Waals surface area (Å²) in [5, 5.41) is 15.8. The Balaban J connectivity index is 1.84. The number of carbonyl (C=O) groups excluding carboxylic acids is 2. The first kappa shape index (κ1) is 29.8. The number of hydrogen-bond acceptors (Lipinski definition) is 7. The number of para-hydroxylation sites is 1. The average Bonchev–Trinajstić information content (AvgIpc) is 3.46. The number of nitro benzene ring substituents is 1. The van der Waals surface area contributed by atoms with E-state index in [0.29, 0.717) is 22.2 Å². The van der Waals surface area contributed by atoms with Crippen LogP contribution in [0.15, 0.2) is 103 Å². The fourth-order valence-corrected chi connectivity index (χ4v) is 6.85. The van der Waals surface area contributed by atoms with Gasteiger partial charge in [-0.05, 0) is 49.1 Å². The number of ether oxygens (including phenoxy) is 2. The van der Waals surface area contributed by atoms with Crippen LogP contribution in [-0.2, 0) is 30.0 Å². The molecule has 9 heteroatoms. The highest BCUT2D eigenvalue weighted by Crippen LogP contribution is 2.57. The molecule has 0 spiro atoms. The van der Waals surface area contributed by atoms with Gasteiger partial charge in [0.1, 0.15) is 0 Å². The fourth-order valence-electron chi connectivity index (χ4n) is 6.85. The molecule has 6 rings (SSSR count). The quantitative estimate of drug-likeness (QED) is 0.0912. The third-order valence-corrected chi connectivity index (χ3v) is 8.67. The topological polar surface area (TPSA) is 124 Å². The molecule has 0 bridgehead atoms. The molecule has 0 saturated heterocycles. The zero-order valence-corrected chi connectivity index (χ0v) is 25.2. The number of nitrogens with zero attached hydrogens (tertiary/aromatic N) is 1. The van der Waals surface area contributed by atoms with Crippen molar-refractivity contribution in [2.45, 2.75) is 37.8 Å². The molecule has 2 unspecified atom stereocenters. The van der Waals surface area contributed by atoms with Crippen LogP contribution in [0.2, 0.25) is 0 Å². The van der Waals surface area contributed by atoms with Gasteiger partial charge in [0, 0.05) is 34.3 Å². The number of aromatic amines is 1. The van der Waals surface area contributed by atoms with Gasteiger partial charge in [0.05, 0.1) is 29.6 Å². The molecule has 2 heterocycles.